The van der Waals surface area contributed by atoms with Gasteiger partial charge in [-0.1, -0.05) is 6.07 Å². The molecule has 1 atom stereocenters. The lowest BCUT2D eigenvalue weighted by Crippen LogP contribution is -2.11. The molecule has 116 valence electrons. The second-order valence-electron chi connectivity index (χ2n) is 4.90. The lowest BCUT2D eigenvalue weighted by atomic mass is 10.2. The van der Waals surface area contributed by atoms with Crippen molar-refractivity contribution in [3.63, 3.8) is 0 Å². The van der Waals surface area contributed by atoms with Crippen LogP contribution in [-0.4, -0.2) is 20.5 Å². The Kier molecular flexibility index (Phi) is 3.96. The van der Waals surface area contributed by atoms with Crippen LogP contribution in [0.1, 0.15) is 12.5 Å². The number of para-hydroxylation sites is 1. The van der Waals surface area contributed by atoms with Crippen LogP contribution in [0.15, 0.2) is 36.4 Å². The topological polar surface area (TPSA) is 46.2 Å². The second kappa shape index (κ2) is 6.05. The van der Waals surface area contributed by atoms with Crippen molar-refractivity contribution in [2.24, 2.45) is 0 Å². The lowest BCUT2D eigenvalue weighted by molar-refractivity contribution is 0.0658. The zero-order valence-corrected chi connectivity index (χ0v) is 12.8. The highest BCUT2D eigenvalue weighted by molar-refractivity contribution is 5.53. The Hall–Kier alpha value is -2.56. The molecule has 5 heteroatoms. The largest absolute Gasteiger partial charge is 0.497 e. The molecule has 0 N–H and O–H groups in total. The number of hydrogen-bond acceptors (Lipinski definition) is 5. The quantitative estimate of drug-likeness (QED) is 0.847. The first kappa shape index (κ1) is 14.4. The maximum Gasteiger partial charge on any atom is 0.239 e. The summed E-state index contributed by atoms with van der Waals surface area (Å²) >= 11 is 0. The van der Waals surface area contributed by atoms with E-state index >= 15 is 0 Å². The highest BCUT2D eigenvalue weighted by atomic mass is 16.7. The summed E-state index contributed by atoms with van der Waals surface area (Å²) in [7, 11) is 3.24. The van der Waals surface area contributed by atoms with Gasteiger partial charge >= 0.3 is 0 Å². The summed E-state index contributed by atoms with van der Waals surface area (Å²) in [5, 5.41) is 0. The van der Waals surface area contributed by atoms with Gasteiger partial charge in [0.1, 0.15) is 18.1 Å². The Balaban J connectivity index is 1.78. The number of rotatable bonds is 5. The summed E-state index contributed by atoms with van der Waals surface area (Å²) in [6.07, 6.45) is -0.295. The van der Waals surface area contributed by atoms with E-state index in [1.54, 1.807) is 14.2 Å². The fraction of sp³-hybridized carbons (Fsp3) is 0.294. The maximum atomic E-state index is 5.87. The van der Waals surface area contributed by atoms with Crippen molar-refractivity contribution in [2.45, 2.75) is 19.8 Å². The highest BCUT2D eigenvalue weighted by Gasteiger charge is 2.24. The van der Waals surface area contributed by atoms with E-state index in [0.717, 1.165) is 17.1 Å². The van der Waals surface area contributed by atoms with Crippen LogP contribution >= 0.6 is 0 Å². The number of hydrogen-bond donors (Lipinski definition) is 0. The summed E-state index contributed by atoms with van der Waals surface area (Å²) in [5.41, 5.74) is 0.945. The van der Waals surface area contributed by atoms with Crippen molar-refractivity contribution in [2.75, 3.05) is 14.2 Å². The van der Waals surface area contributed by atoms with Crippen LogP contribution < -0.4 is 23.7 Å². The molecule has 2 aromatic carbocycles. The summed E-state index contributed by atoms with van der Waals surface area (Å²) in [6, 6.07) is 11.2. The molecule has 1 aliphatic heterocycles. The molecular formula is C17H18O5. The van der Waals surface area contributed by atoms with E-state index in [1.165, 1.54) is 0 Å². The van der Waals surface area contributed by atoms with Crippen molar-refractivity contribution in [1.82, 2.24) is 0 Å². The average Bonchev–Trinajstić information content (AvgIpc) is 2.93. The second-order valence-corrected chi connectivity index (χ2v) is 4.90. The predicted octanol–water partition coefficient (Wildman–Crippen LogP) is 3.40. The van der Waals surface area contributed by atoms with E-state index in [1.807, 2.05) is 43.3 Å². The summed E-state index contributed by atoms with van der Waals surface area (Å²) < 4.78 is 27.5. The van der Waals surface area contributed by atoms with Crippen LogP contribution in [-0.2, 0) is 6.61 Å². The third-order valence-corrected chi connectivity index (χ3v) is 3.33. The van der Waals surface area contributed by atoms with Crippen LogP contribution in [0, 0.1) is 0 Å². The molecule has 1 aliphatic rings. The minimum Gasteiger partial charge on any atom is -0.497 e. The molecule has 0 saturated heterocycles. The highest BCUT2D eigenvalue weighted by Crippen LogP contribution is 2.42. The van der Waals surface area contributed by atoms with Crippen LogP contribution in [0.4, 0.5) is 0 Å². The first-order valence-corrected chi connectivity index (χ1v) is 7.00. The molecular weight excluding hydrogens is 284 g/mol. The van der Waals surface area contributed by atoms with Gasteiger partial charge in [-0.2, -0.15) is 0 Å². The van der Waals surface area contributed by atoms with Gasteiger partial charge in [0, 0.05) is 13.0 Å². The zero-order chi connectivity index (χ0) is 15.5. The first-order valence-electron chi connectivity index (χ1n) is 7.00. The number of methoxy groups -OCH3 is 2. The number of ether oxygens (including phenoxy) is 5. The molecule has 0 fully saturated rings. The van der Waals surface area contributed by atoms with E-state index in [-0.39, 0.29) is 6.29 Å². The molecule has 22 heavy (non-hydrogen) atoms. The van der Waals surface area contributed by atoms with Crippen molar-refractivity contribution < 1.29 is 23.7 Å². The molecule has 0 radical (unpaired) electrons. The molecule has 5 nitrogen and oxygen atoms in total. The molecule has 0 aromatic heterocycles. The normalized spacial score (nSPS) is 15.5. The number of benzene rings is 2. The van der Waals surface area contributed by atoms with Gasteiger partial charge in [-0.25, -0.2) is 0 Å². The monoisotopic (exact) mass is 302 g/mol. The van der Waals surface area contributed by atoms with Gasteiger partial charge in [-0.15, -0.1) is 0 Å². The average molecular weight is 302 g/mol. The van der Waals surface area contributed by atoms with E-state index in [2.05, 4.69) is 0 Å². The SMILES string of the molecule is COc1cc(COc2cccc3c2OC(C)O3)cc(OC)c1. The zero-order valence-electron chi connectivity index (χ0n) is 12.8. The third kappa shape index (κ3) is 2.88. The van der Waals surface area contributed by atoms with Crippen LogP contribution in [0.25, 0.3) is 0 Å². The Morgan fingerprint density at radius 2 is 1.73 bits per heavy atom. The van der Waals surface area contributed by atoms with Crippen LogP contribution in [0.2, 0.25) is 0 Å². The van der Waals surface area contributed by atoms with Gasteiger partial charge < -0.3 is 23.7 Å². The van der Waals surface area contributed by atoms with Crippen molar-refractivity contribution in [3.8, 4) is 28.7 Å². The van der Waals surface area contributed by atoms with Crippen molar-refractivity contribution >= 4 is 0 Å². The van der Waals surface area contributed by atoms with Gasteiger partial charge in [0.25, 0.3) is 0 Å². The van der Waals surface area contributed by atoms with E-state index in [0.29, 0.717) is 23.9 Å². The van der Waals surface area contributed by atoms with Gasteiger partial charge in [0.15, 0.2) is 11.5 Å². The van der Waals surface area contributed by atoms with Crippen molar-refractivity contribution in [3.05, 3.63) is 42.0 Å². The van der Waals surface area contributed by atoms with E-state index < -0.39 is 0 Å². The Morgan fingerprint density at radius 1 is 1.00 bits per heavy atom. The fourth-order valence-corrected chi connectivity index (χ4v) is 2.30. The smallest absolute Gasteiger partial charge is 0.239 e. The first-order chi connectivity index (χ1) is 10.7. The van der Waals surface area contributed by atoms with Gasteiger partial charge in [0.05, 0.1) is 14.2 Å². The predicted molar refractivity (Wildman–Crippen MR) is 81.0 cm³/mol. The molecule has 3 rings (SSSR count). The standard InChI is InChI=1S/C17H18O5/c1-11-21-16-6-4-5-15(17(16)22-11)20-10-12-7-13(18-2)9-14(8-12)19-3/h4-9,11H,10H2,1-3H3. The van der Waals surface area contributed by atoms with Crippen molar-refractivity contribution in [1.29, 1.82) is 0 Å². The summed E-state index contributed by atoms with van der Waals surface area (Å²) in [5.74, 6) is 3.45. The molecule has 2 aromatic rings. The Bertz CT molecular complexity index is 646. The lowest BCUT2D eigenvalue weighted by Gasteiger charge is -2.11. The number of fused-ring (bicyclic) bond motifs is 1. The van der Waals surface area contributed by atoms with Gasteiger partial charge in [-0.3, -0.25) is 0 Å². The van der Waals surface area contributed by atoms with Crippen LogP contribution in [0.5, 0.6) is 28.7 Å². The Labute approximate surface area is 129 Å². The van der Waals surface area contributed by atoms with E-state index in [9.17, 15) is 0 Å². The molecule has 0 spiro atoms. The molecule has 1 unspecified atom stereocenters. The van der Waals surface area contributed by atoms with Gasteiger partial charge in [-0.05, 0) is 29.8 Å². The maximum absolute atomic E-state index is 5.87. The van der Waals surface area contributed by atoms with Gasteiger partial charge in [0.2, 0.25) is 12.0 Å². The molecule has 0 saturated carbocycles. The summed E-state index contributed by atoms with van der Waals surface area (Å²) in [4.78, 5) is 0. The minimum absolute atomic E-state index is 0.295. The molecule has 1 heterocycles. The van der Waals surface area contributed by atoms with E-state index in [4.69, 9.17) is 23.7 Å². The molecule has 0 bridgehead atoms. The summed E-state index contributed by atoms with van der Waals surface area (Å²) in [6.45, 7) is 2.22. The van der Waals surface area contributed by atoms with Crippen LogP contribution in [0.3, 0.4) is 0 Å². The molecule has 0 amide bonds. The fourth-order valence-electron chi connectivity index (χ4n) is 2.30. The Morgan fingerprint density at radius 3 is 2.41 bits per heavy atom. The third-order valence-electron chi connectivity index (χ3n) is 3.33. The minimum atomic E-state index is -0.295. The molecule has 0 aliphatic carbocycles.